The van der Waals surface area contributed by atoms with Gasteiger partial charge >= 0.3 is 0 Å². The molecule has 1 heterocycles. The summed E-state index contributed by atoms with van der Waals surface area (Å²) < 4.78 is 13.0. The number of benzene rings is 1. The van der Waals surface area contributed by atoms with Gasteiger partial charge in [0.25, 0.3) is 0 Å². The lowest BCUT2D eigenvalue weighted by Crippen LogP contribution is -2.27. The van der Waals surface area contributed by atoms with Gasteiger partial charge in [-0.15, -0.1) is 0 Å². The van der Waals surface area contributed by atoms with E-state index in [0.29, 0.717) is 0 Å². The SMILES string of the molecule is Fc1cccc(NCCN2CC3CCCC3C2)c1. The first-order valence-corrected chi connectivity index (χ1v) is 7.03. The highest BCUT2D eigenvalue weighted by Gasteiger charge is 2.35. The fraction of sp³-hybridized carbons (Fsp3) is 0.600. The molecule has 1 aliphatic heterocycles. The van der Waals surface area contributed by atoms with E-state index < -0.39 is 0 Å². The van der Waals surface area contributed by atoms with E-state index in [1.807, 2.05) is 6.07 Å². The molecule has 0 aromatic heterocycles. The van der Waals surface area contributed by atoms with Gasteiger partial charge in [-0.1, -0.05) is 12.5 Å². The van der Waals surface area contributed by atoms with E-state index in [4.69, 9.17) is 0 Å². The predicted molar refractivity (Wildman–Crippen MR) is 72.2 cm³/mol. The standard InChI is InChI=1S/C15H21FN2/c16-14-5-2-6-15(9-14)17-7-8-18-10-12-3-1-4-13(12)11-18/h2,5-6,9,12-13,17H,1,3-4,7-8,10-11H2. The molecule has 0 amide bonds. The highest BCUT2D eigenvalue weighted by atomic mass is 19.1. The van der Waals surface area contributed by atoms with Crippen molar-refractivity contribution in [2.24, 2.45) is 11.8 Å². The lowest BCUT2D eigenvalue weighted by atomic mass is 10.0. The molecule has 98 valence electrons. The Morgan fingerprint density at radius 2 is 2.00 bits per heavy atom. The minimum absolute atomic E-state index is 0.171. The zero-order chi connectivity index (χ0) is 12.4. The first-order valence-electron chi connectivity index (χ1n) is 7.03. The minimum atomic E-state index is -0.171. The van der Waals surface area contributed by atoms with E-state index in [1.165, 1.54) is 38.4 Å². The van der Waals surface area contributed by atoms with Gasteiger partial charge < -0.3 is 10.2 Å². The van der Waals surface area contributed by atoms with Gasteiger partial charge in [0.1, 0.15) is 5.82 Å². The highest BCUT2D eigenvalue weighted by Crippen LogP contribution is 2.37. The van der Waals surface area contributed by atoms with Crippen LogP contribution >= 0.6 is 0 Å². The van der Waals surface area contributed by atoms with Gasteiger partial charge in [0.15, 0.2) is 0 Å². The van der Waals surface area contributed by atoms with E-state index in [2.05, 4.69) is 10.2 Å². The van der Waals surface area contributed by atoms with Crippen molar-refractivity contribution in [1.29, 1.82) is 0 Å². The van der Waals surface area contributed by atoms with Crippen LogP contribution in [0.2, 0.25) is 0 Å². The number of hydrogen-bond donors (Lipinski definition) is 1. The molecule has 18 heavy (non-hydrogen) atoms. The lowest BCUT2D eigenvalue weighted by Gasteiger charge is -2.17. The third-order valence-electron chi connectivity index (χ3n) is 4.38. The van der Waals surface area contributed by atoms with Crippen LogP contribution in [0.3, 0.4) is 0 Å². The van der Waals surface area contributed by atoms with Gasteiger partial charge in [-0.05, 0) is 42.9 Å². The Labute approximate surface area is 108 Å². The van der Waals surface area contributed by atoms with Crippen molar-refractivity contribution in [2.75, 3.05) is 31.5 Å². The molecule has 3 heteroatoms. The number of nitrogens with one attached hydrogen (secondary N) is 1. The Morgan fingerprint density at radius 3 is 2.72 bits per heavy atom. The van der Waals surface area contributed by atoms with Gasteiger partial charge in [0, 0.05) is 31.9 Å². The largest absolute Gasteiger partial charge is 0.384 e. The number of anilines is 1. The summed E-state index contributed by atoms with van der Waals surface area (Å²) in [4.78, 5) is 2.56. The number of likely N-dealkylation sites (tertiary alicyclic amines) is 1. The molecule has 2 unspecified atom stereocenters. The second-order valence-electron chi connectivity index (χ2n) is 5.65. The summed E-state index contributed by atoms with van der Waals surface area (Å²) in [6.07, 6.45) is 4.29. The van der Waals surface area contributed by atoms with Crippen LogP contribution in [0.5, 0.6) is 0 Å². The van der Waals surface area contributed by atoms with Gasteiger partial charge in [-0.3, -0.25) is 0 Å². The molecule has 0 spiro atoms. The van der Waals surface area contributed by atoms with Gasteiger partial charge in [-0.25, -0.2) is 4.39 Å². The summed E-state index contributed by atoms with van der Waals surface area (Å²) in [6, 6.07) is 6.70. The molecule has 0 bridgehead atoms. The van der Waals surface area contributed by atoms with E-state index in [9.17, 15) is 4.39 Å². The molecule has 1 saturated carbocycles. The highest BCUT2D eigenvalue weighted by molar-refractivity contribution is 5.42. The predicted octanol–water partition coefficient (Wildman–Crippen LogP) is 2.97. The van der Waals surface area contributed by atoms with Crippen LogP contribution in [0.25, 0.3) is 0 Å². The van der Waals surface area contributed by atoms with Crippen molar-refractivity contribution >= 4 is 5.69 Å². The van der Waals surface area contributed by atoms with Crippen LogP contribution in [-0.2, 0) is 0 Å². The Balaban J connectivity index is 1.43. The number of nitrogens with zero attached hydrogens (tertiary/aromatic N) is 1. The van der Waals surface area contributed by atoms with Crippen LogP contribution in [0.15, 0.2) is 24.3 Å². The summed E-state index contributed by atoms with van der Waals surface area (Å²) >= 11 is 0. The van der Waals surface area contributed by atoms with E-state index >= 15 is 0 Å². The molecule has 2 atom stereocenters. The first kappa shape index (κ1) is 12.0. The molecule has 2 nitrogen and oxygen atoms in total. The second kappa shape index (κ2) is 5.27. The molecule has 1 aromatic rings. The first-order chi connectivity index (χ1) is 8.81. The monoisotopic (exact) mass is 248 g/mol. The third-order valence-corrected chi connectivity index (χ3v) is 4.38. The third kappa shape index (κ3) is 2.66. The normalized spacial score (nSPS) is 27.4. The number of fused-ring (bicyclic) bond motifs is 1. The van der Waals surface area contributed by atoms with Gasteiger partial charge in [-0.2, -0.15) is 0 Å². The average Bonchev–Trinajstić information content (AvgIpc) is 2.89. The Kier molecular flexibility index (Phi) is 3.50. The van der Waals surface area contributed by atoms with Crippen molar-refractivity contribution in [3.8, 4) is 0 Å². The molecular weight excluding hydrogens is 227 g/mol. The van der Waals surface area contributed by atoms with Crippen molar-refractivity contribution in [1.82, 2.24) is 4.90 Å². The maximum atomic E-state index is 13.0. The molecule has 2 fully saturated rings. The summed E-state index contributed by atoms with van der Waals surface area (Å²) in [5.74, 6) is 1.74. The fourth-order valence-electron chi connectivity index (χ4n) is 3.47. The summed E-state index contributed by atoms with van der Waals surface area (Å²) in [6.45, 7) is 4.53. The average molecular weight is 248 g/mol. The van der Waals surface area contributed by atoms with Crippen LogP contribution in [0.4, 0.5) is 10.1 Å². The van der Waals surface area contributed by atoms with Crippen molar-refractivity contribution in [3.63, 3.8) is 0 Å². The van der Waals surface area contributed by atoms with Crippen LogP contribution in [0.1, 0.15) is 19.3 Å². The number of rotatable bonds is 4. The Morgan fingerprint density at radius 1 is 1.22 bits per heavy atom. The molecule has 1 aromatic carbocycles. The van der Waals surface area contributed by atoms with Crippen LogP contribution < -0.4 is 5.32 Å². The zero-order valence-electron chi connectivity index (χ0n) is 10.7. The molecule has 0 radical (unpaired) electrons. The van der Waals surface area contributed by atoms with Gasteiger partial charge in [0.2, 0.25) is 0 Å². The summed E-state index contributed by atoms with van der Waals surface area (Å²) in [5.41, 5.74) is 0.884. The van der Waals surface area contributed by atoms with Crippen molar-refractivity contribution < 1.29 is 4.39 Å². The maximum Gasteiger partial charge on any atom is 0.125 e. The number of halogens is 1. The van der Waals surface area contributed by atoms with Gasteiger partial charge in [0.05, 0.1) is 0 Å². The van der Waals surface area contributed by atoms with E-state index in [-0.39, 0.29) is 5.82 Å². The molecule has 2 aliphatic rings. The number of hydrogen-bond acceptors (Lipinski definition) is 2. The lowest BCUT2D eigenvalue weighted by molar-refractivity contribution is 0.323. The summed E-state index contributed by atoms with van der Waals surface area (Å²) in [7, 11) is 0. The van der Waals surface area contributed by atoms with Crippen LogP contribution in [-0.4, -0.2) is 31.1 Å². The van der Waals surface area contributed by atoms with Crippen LogP contribution in [0, 0.1) is 17.7 Å². The quantitative estimate of drug-likeness (QED) is 0.881. The maximum absolute atomic E-state index is 13.0. The molecule has 1 N–H and O–H groups in total. The minimum Gasteiger partial charge on any atom is -0.384 e. The zero-order valence-corrected chi connectivity index (χ0v) is 10.7. The second-order valence-corrected chi connectivity index (χ2v) is 5.65. The molecular formula is C15H21FN2. The van der Waals surface area contributed by atoms with E-state index in [0.717, 1.165) is 30.6 Å². The van der Waals surface area contributed by atoms with E-state index in [1.54, 1.807) is 12.1 Å². The smallest absolute Gasteiger partial charge is 0.125 e. The van der Waals surface area contributed by atoms with Crippen molar-refractivity contribution in [3.05, 3.63) is 30.1 Å². The fourth-order valence-corrected chi connectivity index (χ4v) is 3.47. The summed E-state index contributed by atoms with van der Waals surface area (Å²) in [5, 5.41) is 3.30. The Hall–Kier alpha value is -1.09. The molecule has 3 rings (SSSR count). The molecule has 1 aliphatic carbocycles. The van der Waals surface area contributed by atoms with Crippen molar-refractivity contribution in [2.45, 2.75) is 19.3 Å². The molecule has 1 saturated heterocycles. The Bertz CT molecular complexity index is 395. The topological polar surface area (TPSA) is 15.3 Å².